The summed E-state index contributed by atoms with van der Waals surface area (Å²) in [5, 5.41) is 0. The van der Waals surface area contributed by atoms with Gasteiger partial charge in [-0.1, -0.05) is 106 Å². The zero-order valence-electron chi connectivity index (χ0n) is 16.1. The van der Waals surface area contributed by atoms with E-state index in [9.17, 15) is 0 Å². The van der Waals surface area contributed by atoms with Gasteiger partial charge in [-0.25, -0.2) is 0 Å². The quantitative estimate of drug-likeness (QED) is 0.233. The summed E-state index contributed by atoms with van der Waals surface area (Å²) in [5.74, 6) is 0. The third kappa shape index (κ3) is 2.85. The van der Waals surface area contributed by atoms with Gasteiger partial charge >= 0.3 is 0 Å². The lowest BCUT2D eigenvalue weighted by Gasteiger charge is -2.34. The zero-order valence-corrected chi connectivity index (χ0v) is 19.3. The van der Waals surface area contributed by atoms with E-state index in [-0.39, 0.29) is 5.41 Å². The smallest absolute Gasteiger partial charge is 0.0622 e. The van der Waals surface area contributed by atoms with E-state index in [1.807, 2.05) is 0 Å². The standard InChI is InChI=1S/C27H20Br2/c1-2-18-7-6-10-20(15-18)27(19-8-4-3-5-9-19)25-16-21(28)11-13-23(25)24-14-12-22(29)17-26(24)27/h3-17H,2H2,1H3. The molecule has 0 aromatic heterocycles. The third-order valence-corrected chi connectivity index (χ3v) is 7.02. The first-order valence-electron chi connectivity index (χ1n) is 9.90. The Morgan fingerprint density at radius 3 is 1.79 bits per heavy atom. The number of aryl methyl sites for hydroxylation is 1. The molecule has 0 N–H and O–H groups in total. The fraction of sp³-hybridized carbons (Fsp3) is 0.111. The molecule has 0 nitrogen and oxygen atoms in total. The minimum absolute atomic E-state index is 0.343. The Labute approximate surface area is 188 Å². The van der Waals surface area contributed by atoms with Crippen LogP contribution in [0.1, 0.15) is 34.7 Å². The lowest BCUT2D eigenvalue weighted by atomic mass is 9.67. The first-order chi connectivity index (χ1) is 14.1. The SMILES string of the molecule is CCc1cccc(C2(c3ccccc3)c3cc(Br)ccc3-c3ccc(Br)cc32)c1. The molecule has 4 aromatic rings. The van der Waals surface area contributed by atoms with E-state index in [2.05, 4.69) is 130 Å². The monoisotopic (exact) mass is 502 g/mol. The van der Waals surface area contributed by atoms with Gasteiger partial charge in [0, 0.05) is 8.95 Å². The maximum Gasteiger partial charge on any atom is 0.0714 e. The summed E-state index contributed by atoms with van der Waals surface area (Å²) in [6.07, 6.45) is 1.02. The summed E-state index contributed by atoms with van der Waals surface area (Å²) in [6.45, 7) is 2.22. The van der Waals surface area contributed by atoms with Crippen LogP contribution in [0.5, 0.6) is 0 Å². The summed E-state index contributed by atoms with van der Waals surface area (Å²) in [4.78, 5) is 0. The van der Waals surface area contributed by atoms with Crippen LogP contribution in [0.2, 0.25) is 0 Å². The molecule has 0 bridgehead atoms. The molecule has 0 radical (unpaired) electrons. The van der Waals surface area contributed by atoms with Crippen molar-refractivity contribution in [2.75, 3.05) is 0 Å². The van der Waals surface area contributed by atoms with Gasteiger partial charge in [-0.15, -0.1) is 0 Å². The van der Waals surface area contributed by atoms with Gasteiger partial charge in [0.2, 0.25) is 0 Å². The molecule has 2 heteroatoms. The molecule has 1 aliphatic rings. The molecular formula is C27H20Br2. The van der Waals surface area contributed by atoms with Crippen molar-refractivity contribution in [2.45, 2.75) is 18.8 Å². The van der Waals surface area contributed by atoms with Crippen LogP contribution in [0.15, 0.2) is 99.9 Å². The highest BCUT2D eigenvalue weighted by Crippen LogP contribution is 2.57. The molecule has 0 amide bonds. The largest absolute Gasteiger partial charge is 0.0714 e. The maximum atomic E-state index is 3.74. The average Bonchev–Trinajstić information content (AvgIpc) is 3.03. The predicted molar refractivity (Wildman–Crippen MR) is 129 cm³/mol. The van der Waals surface area contributed by atoms with Gasteiger partial charge in [0.1, 0.15) is 0 Å². The fourth-order valence-corrected chi connectivity index (χ4v) is 5.49. The molecule has 4 aromatic carbocycles. The van der Waals surface area contributed by atoms with E-state index in [1.54, 1.807) is 0 Å². The van der Waals surface area contributed by atoms with Crippen molar-refractivity contribution >= 4 is 31.9 Å². The molecule has 0 spiro atoms. The summed E-state index contributed by atoms with van der Waals surface area (Å²) in [6, 6.07) is 33.4. The molecule has 0 heterocycles. The number of halogens is 2. The normalized spacial score (nSPS) is 13.8. The highest BCUT2D eigenvalue weighted by Gasteiger charge is 2.46. The minimum Gasteiger partial charge on any atom is -0.0622 e. The van der Waals surface area contributed by atoms with Gasteiger partial charge in [0.15, 0.2) is 0 Å². The van der Waals surface area contributed by atoms with E-state index in [0.29, 0.717) is 0 Å². The van der Waals surface area contributed by atoms with Crippen LogP contribution in [-0.2, 0) is 11.8 Å². The molecule has 5 rings (SSSR count). The van der Waals surface area contributed by atoms with Crippen molar-refractivity contribution in [3.63, 3.8) is 0 Å². The second kappa shape index (κ2) is 7.27. The van der Waals surface area contributed by atoms with Crippen molar-refractivity contribution in [1.29, 1.82) is 0 Å². The Morgan fingerprint density at radius 2 is 1.21 bits per heavy atom. The number of hydrogen-bond acceptors (Lipinski definition) is 0. The van der Waals surface area contributed by atoms with Gasteiger partial charge < -0.3 is 0 Å². The molecule has 29 heavy (non-hydrogen) atoms. The van der Waals surface area contributed by atoms with E-state index < -0.39 is 0 Å². The molecule has 0 fully saturated rings. The van der Waals surface area contributed by atoms with Crippen molar-refractivity contribution in [2.24, 2.45) is 0 Å². The van der Waals surface area contributed by atoms with Crippen molar-refractivity contribution in [3.8, 4) is 11.1 Å². The lowest BCUT2D eigenvalue weighted by molar-refractivity contribution is 0.765. The second-order valence-corrected chi connectivity index (χ2v) is 9.38. The second-order valence-electron chi connectivity index (χ2n) is 7.55. The minimum atomic E-state index is -0.343. The van der Waals surface area contributed by atoms with Gasteiger partial charge in [-0.2, -0.15) is 0 Å². The lowest BCUT2D eigenvalue weighted by Crippen LogP contribution is -2.28. The average molecular weight is 504 g/mol. The maximum absolute atomic E-state index is 3.74. The number of benzene rings is 4. The van der Waals surface area contributed by atoms with Crippen molar-refractivity contribution in [1.82, 2.24) is 0 Å². The van der Waals surface area contributed by atoms with Crippen LogP contribution in [-0.4, -0.2) is 0 Å². The van der Waals surface area contributed by atoms with Gasteiger partial charge in [0.25, 0.3) is 0 Å². The Morgan fingerprint density at radius 1 is 0.621 bits per heavy atom. The van der Waals surface area contributed by atoms with E-state index in [0.717, 1.165) is 15.4 Å². The Balaban J connectivity index is 1.98. The number of rotatable bonds is 3. The van der Waals surface area contributed by atoms with Crippen LogP contribution in [0.3, 0.4) is 0 Å². The van der Waals surface area contributed by atoms with Crippen LogP contribution in [0.25, 0.3) is 11.1 Å². The summed E-state index contributed by atoms with van der Waals surface area (Å²) < 4.78 is 2.21. The molecular weight excluding hydrogens is 484 g/mol. The summed E-state index contributed by atoms with van der Waals surface area (Å²) in [5.41, 5.74) is 8.91. The number of fused-ring (bicyclic) bond motifs is 3. The highest BCUT2D eigenvalue weighted by atomic mass is 79.9. The molecule has 1 aliphatic carbocycles. The van der Waals surface area contributed by atoms with Crippen LogP contribution >= 0.6 is 31.9 Å². The summed E-state index contributed by atoms with van der Waals surface area (Å²) in [7, 11) is 0. The molecule has 0 saturated heterocycles. The Hall–Kier alpha value is -2.16. The van der Waals surface area contributed by atoms with Crippen LogP contribution < -0.4 is 0 Å². The van der Waals surface area contributed by atoms with E-state index in [1.165, 1.54) is 38.9 Å². The highest BCUT2D eigenvalue weighted by molar-refractivity contribution is 9.10. The number of hydrogen-bond donors (Lipinski definition) is 0. The first-order valence-corrected chi connectivity index (χ1v) is 11.5. The molecule has 0 saturated carbocycles. The third-order valence-electron chi connectivity index (χ3n) is 6.04. The first kappa shape index (κ1) is 18.8. The van der Waals surface area contributed by atoms with Crippen molar-refractivity contribution in [3.05, 3.63) is 128 Å². The fourth-order valence-electron chi connectivity index (χ4n) is 4.77. The van der Waals surface area contributed by atoms with E-state index in [4.69, 9.17) is 0 Å². The van der Waals surface area contributed by atoms with Crippen LogP contribution in [0.4, 0.5) is 0 Å². The van der Waals surface area contributed by atoms with Crippen molar-refractivity contribution < 1.29 is 0 Å². The van der Waals surface area contributed by atoms with Gasteiger partial charge in [0.05, 0.1) is 5.41 Å². The molecule has 0 aliphatic heterocycles. The topological polar surface area (TPSA) is 0 Å². The molecule has 142 valence electrons. The molecule has 0 atom stereocenters. The predicted octanol–water partition coefficient (Wildman–Crippen LogP) is 8.14. The molecule has 0 unspecified atom stereocenters. The van der Waals surface area contributed by atoms with Gasteiger partial charge in [-0.3, -0.25) is 0 Å². The Bertz CT molecular complexity index is 1160. The summed E-state index contributed by atoms with van der Waals surface area (Å²) >= 11 is 7.48. The Kier molecular flexibility index (Phi) is 4.72. The van der Waals surface area contributed by atoms with Gasteiger partial charge in [-0.05, 0) is 69.6 Å². The zero-order chi connectivity index (χ0) is 20.0. The van der Waals surface area contributed by atoms with E-state index >= 15 is 0 Å². The van der Waals surface area contributed by atoms with Crippen LogP contribution in [0, 0.1) is 0 Å².